The maximum absolute atomic E-state index is 12.5. The van der Waals surface area contributed by atoms with E-state index in [1.54, 1.807) is 0 Å². The van der Waals surface area contributed by atoms with Gasteiger partial charge in [-0.25, -0.2) is 4.68 Å². The lowest BCUT2D eigenvalue weighted by Gasteiger charge is -2.34. The summed E-state index contributed by atoms with van der Waals surface area (Å²) in [6, 6.07) is 7.87. The van der Waals surface area contributed by atoms with Crippen LogP contribution in [0.25, 0.3) is 5.69 Å². The van der Waals surface area contributed by atoms with Crippen LogP contribution in [0.1, 0.15) is 22.8 Å². The van der Waals surface area contributed by atoms with Gasteiger partial charge in [0.15, 0.2) is 0 Å². The number of nitrogens with zero attached hydrogens (tertiary/aromatic N) is 3. The Morgan fingerprint density at radius 1 is 1.33 bits per heavy atom. The quantitative estimate of drug-likeness (QED) is 0.911. The second kappa shape index (κ2) is 5.69. The smallest absolute Gasteiger partial charge is 0.254 e. The average molecular weight is 284 g/mol. The number of piperazine rings is 1. The van der Waals surface area contributed by atoms with Gasteiger partial charge in [0.05, 0.1) is 11.9 Å². The average Bonchev–Trinajstić information content (AvgIpc) is 2.94. The first-order valence-electron chi connectivity index (χ1n) is 7.28. The van der Waals surface area contributed by atoms with Crippen molar-refractivity contribution in [2.45, 2.75) is 19.9 Å². The summed E-state index contributed by atoms with van der Waals surface area (Å²) >= 11 is 0. The number of rotatable bonds is 2. The number of nitrogens with one attached hydrogen (secondary N) is 1. The summed E-state index contributed by atoms with van der Waals surface area (Å²) in [5.41, 5.74) is 2.81. The van der Waals surface area contributed by atoms with Crippen LogP contribution >= 0.6 is 0 Å². The molecule has 1 aliphatic rings. The summed E-state index contributed by atoms with van der Waals surface area (Å²) in [6.07, 6.45) is 3.79. The van der Waals surface area contributed by atoms with Crippen LogP contribution in [0.15, 0.2) is 36.7 Å². The fourth-order valence-electron chi connectivity index (χ4n) is 2.62. The van der Waals surface area contributed by atoms with Crippen molar-refractivity contribution >= 4 is 5.91 Å². The highest BCUT2D eigenvalue weighted by Crippen LogP contribution is 2.14. The molecule has 1 aromatic heterocycles. The molecular formula is C16H20N4O. The van der Waals surface area contributed by atoms with E-state index in [1.807, 2.05) is 53.2 Å². The number of aryl methyl sites for hydroxylation is 1. The Kier molecular flexibility index (Phi) is 3.75. The molecule has 1 aliphatic heterocycles. The van der Waals surface area contributed by atoms with Crippen molar-refractivity contribution in [1.29, 1.82) is 0 Å². The molecular weight excluding hydrogens is 264 g/mol. The first-order chi connectivity index (χ1) is 10.1. The summed E-state index contributed by atoms with van der Waals surface area (Å²) in [6.45, 7) is 6.56. The lowest BCUT2D eigenvalue weighted by atomic mass is 10.1. The Morgan fingerprint density at radius 2 is 2.10 bits per heavy atom. The number of carbonyl (C=O) groups excluding carboxylic acids is 1. The molecule has 0 bridgehead atoms. The largest absolute Gasteiger partial charge is 0.333 e. The van der Waals surface area contributed by atoms with Gasteiger partial charge in [-0.15, -0.1) is 0 Å². The van der Waals surface area contributed by atoms with Crippen molar-refractivity contribution in [3.05, 3.63) is 47.8 Å². The third-order valence-corrected chi connectivity index (χ3v) is 3.85. The molecule has 1 unspecified atom stereocenters. The molecule has 3 rings (SSSR count). The van der Waals surface area contributed by atoms with E-state index in [2.05, 4.69) is 17.3 Å². The van der Waals surface area contributed by atoms with Gasteiger partial charge in [-0.3, -0.25) is 4.79 Å². The van der Waals surface area contributed by atoms with Crippen LogP contribution in [0.2, 0.25) is 0 Å². The van der Waals surface area contributed by atoms with E-state index < -0.39 is 0 Å². The number of carbonyl (C=O) groups is 1. The monoisotopic (exact) mass is 284 g/mol. The number of hydrogen-bond donors (Lipinski definition) is 1. The molecule has 0 radical (unpaired) electrons. The molecule has 1 N–H and O–H groups in total. The van der Waals surface area contributed by atoms with Gasteiger partial charge in [-0.2, -0.15) is 5.10 Å². The minimum Gasteiger partial charge on any atom is -0.333 e. The summed E-state index contributed by atoms with van der Waals surface area (Å²) in [5, 5.41) is 7.57. The molecule has 1 saturated heterocycles. The molecule has 1 atom stereocenters. The zero-order chi connectivity index (χ0) is 14.8. The Labute approximate surface area is 124 Å². The van der Waals surface area contributed by atoms with Gasteiger partial charge >= 0.3 is 0 Å². The van der Waals surface area contributed by atoms with Gasteiger partial charge in [0.1, 0.15) is 0 Å². The van der Waals surface area contributed by atoms with E-state index in [-0.39, 0.29) is 11.9 Å². The minimum absolute atomic E-state index is 0.104. The molecule has 2 heterocycles. The molecule has 5 nitrogen and oxygen atoms in total. The summed E-state index contributed by atoms with van der Waals surface area (Å²) < 4.78 is 1.82. The van der Waals surface area contributed by atoms with Crippen LogP contribution in [0.3, 0.4) is 0 Å². The topological polar surface area (TPSA) is 50.2 Å². The third kappa shape index (κ3) is 2.83. The second-order valence-electron chi connectivity index (χ2n) is 5.56. The molecule has 2 aromatic rings. The van der Waals surface area contributed by atoms with Gasteiger partial charge in [-0.1, -0.05) is 0 Å². The summed E-state index contributed by atoms with van der Waals surface area (Å²) in [5.74, 6) is 0.104. The maximum atomic E-state index is 12.5. The first-order valence-corrected chi connectivity index (χ1v) is 7.28. The lowest BCUT2D eigenvalue weighted by Crippen LogP contribution is -2.52. The zero-order valence-corrected chi connectivity index (χ0v) is 12.4. The van der Waals surface area contributed by atoms with Crippen molar-refractivity contribution in [3.8, 4) is 5.69 Å². The first kappa shape index (κ1) is 13.8. The molecule has 21 heavy (non-hydrogen) atoms. The van der Waals surface area contributed by atoms with Crippen molar-refractivity contribution in [1.82, 2.24) is 20.0 Å². The van der Waals surface area contributed by atoms with Crippen LogP contribution in [-0.2, 0) is 0 Å². The van der Waals surface area contributed by atoms with Crippen molar-refractivity contribution in [3.63, 3.8) is 0 Å². The van der Waals surface area contributed by atoms with E-state index in [0.29, 0.717) is 0 Å². The number of amides is 1. The molecule has 1 aromatic carbocycles. The molecule has 0 aliphatic carbocycles. The number of hydrogen-bond acceptors (Lipinski definition) is 3. The zero-order valence-electron chi connectivity index (χ0n) is 12.4. The highest BCUT2D eigenvalue weighted by molar-refractivity contribution is 5.94. The number of aromatic nitrogens is 2. The normalized spacial score (nSPS) is 18.8. The van der Waals surface area contributed by atoms with E-state index in [1.165, 1.54) is 0 Å². The molecule has 1 amide bonds. The molecule has 0 saturated carbocycles. The maximum Gasteiger partial charge on any atom is 0.254 e. The SMILES string of the molecule is Cc1cnn(-c2ccc(C(=O)N3CCNCC3C)cc2)c1. The standard InChI is InChI=1S/C16H20N4O/c1-12-9-18-20(11-12)15-5-3-14(4-6-15)16(21)19-8-7-17-10-13(19)2/h3-6,9,11,13,17H,7-8,10H2,1-2H3. The van der Waals surface area contributed by atoms with E-state index in [4.69, 9.17) is 0 Å². The Bertz CT molecular complexity index is 632. The second-order valence-corrected chi connectivity index (χ2v) is 5.56. The van der Waals surface area contributed by atoms with Crippen LogP contribution in [0.4, 0.5) is 0 Å². The van der Waals surface area contributed by atoms with Gasteiger partial charge in [0.2, 0.25) is 0 Å². The van der Waals surface area contributed by atoms with Crippen LogP contribution in [0, 0.1) is 6.92 Å². The molecule has 110 valence electrons. The van der Waals surface area contributed by atoms with Crippen LogP contribution < -0.4 is 5.32 Å². The number of benzene rings is 1. The van der Waals surface area contributed by atoms with Gasteiger partial charge in [-0.05, 0) is 43.7 Å². The van der Waals surface area contributed by atoms with Gasteiger partial charge in [0, 0.05) is 37.4 Å². The fourth-order valence-corrected chi connectivity index (χ4v) is 2.62. The van der Waals surface area contributed by atoms with E-state index in [0.717, 1.165) is 36.4 Å². The lowest BCUT2D eigenvalue weighted by molar-refractivity contribution is 0.0656. The third-order valence-electron chi connectivity index (χ3n) is 3.85. The predicted octanol–water partition coefficient (Wildman–Crippen LogP) is 1.61. The van der Waals surface area contributed by atoms with Crippen molar-refractivity contribution in [2.75, 3.05) is 19.6 Å². The molecule has 0 spiro atoms. The summed E-state index contributed by atoms with van der Waals surface area (Å²) in [7, 11) is 0. The fraction of sp³-hybridized carbons (Fsp3) is 0.375. The molecule has 1 fully saturated rings. The Balaban J connectivity index is 1.79. The Morgan fingerprint density at radius 3 is 2.71 bits per heavy atom. The molecule has 5 heteroatoms. The highest BCUT2D eigenvalue weighted by atomic mass is 16.2. The van der Waals surface area contributed by atoms with Crippen molar-refractivity contribution < 1.29 is 4.79 Å². The van der Waals surface area contributed by atoms with Crippen molar-refractivity contribution in [2.24, 2.45) is 0 Å². The summed E-state index contributed by atoms with van der Waals surface area (Å²) in [4.78, 5) is 14.5. The van der Waals surface area contributed by atoms with E-state index >= 15 is 0 Å². The van der Waals surface area contributed by atoms with Crippen LogP contribution in [0.5, 0.6) is 0 Å². The van der Waals surface area contributed by atoms with Gasteiger partial charge < -0.3 is 10.2 Å². The minimum atomic E-state index is 0.104. The predicted molar refractivity (Wildman–Crippen MR) is 81.7 cm³/mol. The highest BCUT2D eigenvalue weighted by Gasteiger charge is 2.23. The Hall–Kier alpha value is -2.14. The van der Waals surface area contributed by atoms with E-state index in [9.17, 15) is 4.79 Å². The van der Waals surface area contributed by atoms with Gasteiger partial charge in [0.25, 0.3) is 5.91 Å². The van der Waals surface area contributed by atoms with Crippen LogP contribution in [-0.4, -0.2) is 46.3 Å².